The quantitative estimate of drug-likeness (QED) is 0.645. The molecule has 1 saturated carbocycles. The first-order valence-electron chi connectivity index (χ1n) is 5.65. The Bertz CT molecular complexity index is 327. The highest BCUT2D eigenvalue weighted by Gasteiger charge is 2.30. The number of rotatable bonds is 6. The summed E-state index contributed by atoms with van der Waals surface area (Å²) in [5, 5.41) is -0.348. The lowest BCUT2D eigenvalue weighted by Gasteiger charge is -2.17. The molecule has 0 aromatic heterocycles. The summed E-state index contributed by atoms with van der Waals surface area (Å²) < 4.78 is 16.3. The van der Waals surface area contributed by atoms with Crippen molar-refractivity contribution >= 4 is 22.7 Å². The molecule has 1 aliphatic rings. The predicted octanol–water partition coefficient (Wildman–Crippen LogP) is 0.307. The summed E-state index contributed by atoms with van der Waals surface area (Å²) >= 11 is 0. The zero-order valence-corrected chi connectivity index (χ0v) is 11.3. The molecule has 0 aromatic carbocycles. The van der Waals surface area contributed by atoms with Gasteiger partial charge in [0.2, 0.25) is 5.91 Å². The summed E-state index contributed by atoms with van der Waals surface area (Å²) in [6.45, 7) is 1.69. The molecule has 2 unspecified atom stereocenters. The van der Waals surface area contributed by atoms with Gasteiger partial charge >= 0.3 is 5.97 Å². The van der Waals surface area contributed by atoms with Gasteiger partial charge in [-0.2, -0.15) is 0 Å². The second-order valence-electron chi connectivity index (χ2n) is 4.35. The van der Waals surface area contributed by atoms with Crippen LogP contribution in [0.3, 0.4) is 0 Å². The zero-order chi connectivity index (χ0) is 13.0. The second-order valence-corrected chi connectivity index (χ2v) is 6.21. The van der Waals surface area contributed by atoms with Gasteiger partial charge in [0.05, 0.1) is 13.5 Å². The third-order valence-corrected chi connectivity index (χ3v) is 4.48. The van der Waals surface area contributed by atoms with E-state index in [0.29, 0.717) is 6.04 Å². The molecule has 0 radical (unpaired) electrons. The average Bonchev–Trinajstić information content (AvgIpc) is 3.11. The number of methoxy groups -OCH3 is 1. The highest BCUT2D eigenvalue weighted by Crippen LogP contribution is 2.25. The van der Waals surface area contributed by atoms with Crippen LogP contribution in [0.4, 0.5) is 0 Å². The number of ether oxygens (including phenoxy) is 1. The molecule has 6 heteroatoms. The molecule has 0 heterocycles. The van der Waals surface area contributed by atoms with E-state index >= 15 is 0 Å². The third-order valence-electron chi connectivity index (χ3n) is 2.88. The zero-order valence-electron chi connectivity index (χ0n) is 10.5. The summed E-state index contributed by atoms with van der Waals surface area (Å²) in [6, 6.07) is 0.329. The maximum Gasteiger partial charge on any atom is 0.306 e. The van der Waals surface area contributed by atoms with Crippen molar-refractivity contribution in [2.75, 3.05) is 19.9 Å². The lowest BCUT2D eigenvalue weighted by Crippen LogP contribution is -2.34. The Kier molecular flexibility index (Phi) is 5.11. The van der Waals surface area contributed by atoms with Crippen LogP contribution in [0, 0.1) is 0 Å². The third kappa shape index (κ3) is 4.46. The van der Waals surface area contributed by atoms with E-state index in [9.17, 15) is 13.8 Å². The van der Waals surface area contributed by atoms with Crippen LogP contribution in [-0.4, -0.2) is 52.2 Å². The fourth-order valence-corrected chi connectivity index (χ4v) is 2.50. The van der Waals surface area contributed by atoms with Crippen LogP contribution in [0.1, 0.15) is 26.2 Å². The molecule has 0 aromatic rings. The first-order valence-corrected chi connectivity index (χ1v) is 7.03. The molecule has 0 bridgehead atoms. The minimum absolute atomic E-state index is 0.00877. The Morgan fingerprint density at radius 2 is 2.06 bits per heavy atom. The minimum Gasteiger partial charge on any atom is -0.469 e. The first-order chi connectivity index (χ1) is 7.95. The van der Waals surface area contributed by atoms with E-state index in [1.807, 2.05) is 0 Å². The van der Waals surface area contributed by atoms with Crippen LogP contribution in [0.2, 0.25) is 0 Å². The smallest absolute Gasteiger partial charge is 0.306 e. The Morgan fingerprint density at radius 3 is 2.53 bits per heavy atom. The Labute approximate surface area is 104 Å². The van der Waals surface area contributed by atoms with Gasteiger partial charge < -0.3 is 9.64 Å². The van der Waals surface area contributed by atoms with Crippen LogP contribution >= 0.6 is 0 Å². The van der Waals surface area contributed by atoms with Gasteiger partial charge in [-0.1, -0.05) is 6.92 Å². The minimum atomic E-state index is -1.32. The van der Waals surface area contributed by atoms with E-state index in [1.165, 1.54) is 7.11 Å². The van der Waals surface area contributed by atoms with E-state index in [4.69, 9.17) is 0 Å². The van der Waals surface area contributed by atoms with Crippen LogP contribution in [0.25, 0.3) is 0 Å². The molecule has 98 valence electrons. The van der Waals surface area contributed by atoms with Crippen molar-refractivity contribution in [3.8, 4) is 0 Å². The van der Waals surface area contributed by atoms with Crippen LogP contribution in [-0.2, 0) is 25.1 Å². The molecule has 17 heavy (non-hydrogen) atoms. The highest BCUT2D eigenvalue weighted by molar-refractivity contribution is 7.86. The predicted molar refractivity (Wildman–Crippen MR) is 64.9 cm³/mol. The highest BCUT2D eigenvalue weighted by atomic mass is 32.2. The van der Waals surface area contributed by atoms with Crippen molar-refractivity contribution in [1.82, 2.24) is 4.90 Å². The van der Waals surface area contributed by atoms with Crippen molar-refractivity contribution in [2.45, 2.75) is 37.5 Å². The van der Waals surface area contributed by atoms with Crippen molar-refractivity contribution in [3.63, 3.8) is 0 Å². The van der Waals surface area contributed by atoms with Gasteiger partial charge in [-0.25, -0.2) is 0 Å². The number of nitrogens with zero attached hydrogens (tertiary/aromatic N) is 1. The summed E-state index contributed by atoms with van der Waals surface area (Å²) in [4.78, 5) is 24.4. The summed E-state index contributed by atoms with van der Waals surface area (Å²) in [6.07, 6.45) is 2.16. The average molecular weight is 261 g/mol. The number of carbonyl (C=O) groups excluding carboxylic acids is 2. The first kappa shape index (κ1) is 14.2. The van der Waals surface area contributed by atoms with E-state index in [1.54, 1.807) is 18.9 Å². The largest absolute Gasteiger partial charge is 0.469 e. The molecular formula is C11H19NO4S. The van der Waals surface area contributed by atoms with Crippen molar-refractivity contribution < 1.29 is 18.5 Å². The Balaban J connectivity index is 2.36. The molecule has 1 rings (SSSR count). The van der Waals surface area contributed by atoms with Gasteiger partial charge in [-0.15, -0.1) is 0 Å². The van der Waals surface area contributed by atoms with Crippen LogP contribution < -0.4 is 0 Å². The van der Waals surface area contributed by atoms with Crippen molar-refractivity contribution in [2.24, 2.45) is 0 Å². The molecule has 0 spiro atoms. The molecule has 1 amide bonds. The fraction of sp³-hybridized carbons (Fsp3) is 0.818. The second kappa shape index (κ2) is 6.14. The lowest BCUT2D eigenvalue weighted by molar-refractivity contribution is -0.140. The van der Waals surface area contributed by atoms with Crippen LogP contribution in [0.15, 0.2) is 0 Å². The number of hydrogen-bond acceptors (Lipinski definition) is 4. The van der Waals surface area contributed by atoms with Crippen molar-refractivity contribution in [3.05, 3.63) is 0 Å². The van der Waals surface area contributed by atoms with Gasteiger partial charge in [0.1, 0.15) is 5.75 Å². The molecule has 0 N–H and O–H groups in total. The van der Waals surface area contributed by atoms with E-state index in [-0.39, 0.29) is 23.3 Å². The van der Waals surface area contributed by atoms with Gasteiger partial charge in [-0.05, 0) is 12.8 Å². The Hall–Kier alpha value is -0.910. The van der Waals surface area contributed by atoms with Gasteiger partial charge in [0.15, 0.2) is 0 Å². The fourth-order valence-electron chi connectivity index (χ4n) is 1.44. The maximum absolute atomic E-state index is 11.8. The van der Waals surface area contributed by atoms with E-state index < -0.39 is 16.8 Å². The Morgan fingerprint density at radius 1 is 1.47 bits per heavy atom. The number of carbonyl (C=O) groups is 2. The summed E-state index contributed by atoms with van der Waals surface area (Å²) in [5.74, 6) is -0.512. The van der Waals surface area contributed by atoms with Gasteiger partial charge in [0.25, 0.3) is 0 Å². The van der Waals surface area contributed by atoms with Crippen LogP contribution in [0.5, 0.6) is 0 Å². The summed E-state index contributed by atoms with van der Waals surface area (Å²) in [5.41, 5.74) is 0. The SMILES string of the molecule is COC(=O)CC(C)S(=O)CC(=O)N(C)C1CC1. The number of amides is 1. The number of hydrogen-bond donors (Lipinski definition) is 0. The number of esters is 1. The summed E-state index contributed by atoms with van der Waals surface area (Å²) in [7, 11) is 1.72. The van der Waals surface area contributed by atoms with Gasteiger partial charge in [-0.3, -0.25) is 13.8 Å². The molecule has 0 aliphatic heterocycles. The molecule has 2 atom stereocenters. The molecule has 1 aliphatic carbocycles. The normalized spacial score (nSPS) is 18.3. The van der Waals surface area contributed by atoms with E-state index in [0.717, 1.165) is 12.8 Å². The maximum atomic E-state index is 11.8. The van der Waals surface area contributed by atoms with Gasteiger partial charge in [0, 0.05) is 29.1 Å². The molecular weight excluding hydrogens is 242 g/mol. The van der Waals surface area contributed by atoms with Crippen molar-refractivity contribution in [1.29, 1.82) is 0 Å². The lowest BCUT2D eigenvalue weighted by atomic mass is 10.3. The molecule has 0 saturated heterocycles. The van der Waals surface area contributed by atoms with E-state index in [2.05, 4.69) is 4.74 Å². The monoisotopic (exact) mass is 261 g/mol. The molecule has 5 nitrogen and oxygen atoms in total. The molecule has 1 fully saturated rings. The standard InChI is InChI=1S/C11H19NO4S/c1-8(6-11(14)16-3)17(15)7-10(13)12(2)9-4-5-9/h8-9H,4-7H2,1-3H3. The topological polar surface area (TPSA) is 63.7 Å².